The Hall–Kier alpha value is -1.55. The highest BCUT2D eigenvalue weighted by molar-refractivity contribution is 5.93. The normalized spacial score (nSPS) is 21.9. The lowest BCUT2D eigenvalue weighted by Crippen LogP contribution is -2.41. The number of anilines is 1. The lowest BCUT2D eigenvalue weighted by atomic mass is 9.87. The first-order valence-corrected chi connectivity index (χ1v) is 10.3. The third kappa shape index (κ3) is 3.73. The van der Waals surface area contributed by atoms with Gasteiger partial charge in [-0.25, -0.2) is 0 Å². The first-order chi connectivity index (χ1) is 12.4. The van der Waals surface area contributed by atoms with Gasteiger partial charge in [-0.1, -0.05) is 20.8 Å². The van der Waals surface area contributed by atoms with Crippen LogP contribution in [-0.2, 0) is 4.79 Å². The molecule has 2 heterocycles. The van der Waals surface area contributed by atoms with Crippen molar-refractivity contribution in [2.45, 2.75) is 86.3 Å². The van der Waals surface area contributed by atoms with Crippen LogP contribution in [0, 0.1) is 26.2 Å². The average molecular weight is 373 g/mol. The minimum absolute atomic E-state index is 0.0269. The van der Waals surface area contributed by atoms with Gasteiger partial charge in [0.05, 0.1) is 6.04 Å². The van der Waals surface area contributed by atoms with Gasteiger partial charge < -0.3 is 10.1 Å². The molecular formula is C23H36N2O2. The number of amides is 1. The molecule has 27 heavy (non-hydrogen) atoms. The molecule has 4 heteroatoms. The molecule has 1 saturated heterocycles. The molecule has 150 valence electrons. The van der Waals surface area contributed by atoms with Crippen molar-refractivity contribution in [1.82, 2.24) is 4.90 Å². The number of hydrogen-bond acceptors (Lipinski definition) is 3. The fourth-order valence-corrected chi connectivity index (χ4v) is 4.75. The number of rotatable bonds is 3. The summed E-state index contributed by atoms with van der Waals surface area (Å²) in [5, 5.41) is 3.23. The van der Waals surface area contributed by atoms with Gasteiger partial charge >= 0.3 is 0 Å². The molecule has 0 bridgehead atoms. The number of fused-ring (bicyclic) bond motifs is 1. The zero-order valence-corrected chi connectivity index (χ0v) is 18.4. The zero-order valence-electron chi connectivity index (χ0n) is 18.4. The van der Waals surface area contributed by atoms with Gasteiger partial charge in [0, 0.05) is 17.7 Å². The molecule has 0 spiro atoms. The number of carbonyl (C=O) groups excluding carboxylic acids is 1. The van der Waals surface area contributed by atoms with E-state index >= 15 is 0 Å². The van der Waals surface area contributed by atoms with E-state index in [1.54, 1.807) is 0 Å². The Morgan fingerprint density at radius 3 is 2.26 bits per heavy atom. The highest BCUT2D eigenvalue weighted by Gasteiger charge is 2.47. The van der Waals surface area contributed by atoms with Crippen LogP contribution < -0.4 is 10.1 Å². The molecule has 0 aromatic heterocycles. The number of hydrogen-bond donors (Lipinski definition) is 1. The second-order valence-electron chi connectivity index (χ2n) is 10.1. The SMILES string of the molecule is Cc1c(C)c2c(c(C)c1NC(=O)CC(C)(C)C)C(N1CCCC1)C(C)(C)O2. The molecule has 2 aliphatic heterocycles. The minimum atomic E-state index is -0.261. The summed E-state index contributed by atoms with van der Waals surface area (Å²) in [6.07, 6.45) is 3.02. The van der Waals surface area contributed by atoms with E-state index < -0.39 is 0 Å². The van der Waals surface area contributed by atoms with Gasteiger partial charge in [0.15, 0.2) is 0 Å². The Bertz CT molecular complexity index is 753. The minimum Gasteiger partial charge on any atom is -0.485 e. The average Bonchev–Trinajstić information content (AvgIpc) is 3.12. The van der Waals surface area contributed by atoms with E-state index in [9.17, 15) is 4.79 Å². The van der Waals surface area contributed by atoms with Crippen molar-refractivity contribution in [2.75, 3.05) is 18.4 Å². The van der Waals surface area contributed by atoms with E-state index in [1.165, 1.54) is 18.4 Å². The molecule has 3 rings (SSSR count). The lowest BCUT2D eigenvalue weighted by Gasteiger charge is -2.34. The predicted octanol–water partition coefficient (Wildman–Crippen LogP) is 5.29. The second kappa shape index (κ2) is 6.80. The van der Waals surface area contributed by atoms with Crippen molar-refractivity contribution in [3.8, 4) is 5.75 Å². The van der Waals surface area contributed by atoms with Crippen LogP contribution in [0.15, 0.2) is 0 Å². The molecule has 4 nitrogen and oxygen atoms in total. The number of nitrogens with zero attached hydrogens (tertiary/aromatic N) is 1. The van der Waals surface area contributed by atoms with Gasteiger partial charge in [0.25, 0.3) is 0 Å². The fourth-order valence-electron chi connectivity index (χ4n) is 4.75. The third-order valence-corrected chi connectivity index (χ3v) is 6.06. The lowest BCUT2D eigenvalue weighted by molar-refractivity contribution is -0.117. The van der Waals surface area contributed by atoms with Crippen LogP contribution in [0.1, 0.15) is 82.2 Å². The zero-order chi connectivity index (χ0) is 20.1. The summed E-state index contributed by atoms with van der Waals surface area (Å²) in [6.45, 7) is 19.3. The van der Waals surface area contributed by atoms with Crippen molar-refractivity contribution in [3.63, 3.8) is 0 Å². The Labute approximate surface area is 164 Å². The quantitative estimate of drug-likeness (QED) is 0.783. The summed E-state index contributed by atoms with van der Waals surface area (Å²) in [6, 6.07) is 0.243. The van der Waals surface area contributed by atoms with Crippen LogP contribution in [-0.4, -0.2) is 29.5 Å². The maximum absolute atomic E-state index is 12.7. The summed E-state index contributed by atoms with van der Waals surface area (Å²) in [7, 11) is 0. The maximum atomic E-state index is 12.7. The van der Waals surface area contributed by atoms with Crippen LogP contribution in [0.3, 0.4) is 0 Å². The summed E-state index contributed by atoms with van der Waals surface area (Å²) >= 11 is 0. The van der Waals surface area contributed by atoms with Crippen LogP contribution in [0.4, 0.5) is 5.69 Å². The first kappa shape index (κ1) is 20.2. The highest BCUT2D eigenvalue weighted by atomic mass is 16.5. The Balaban J connectivity index is 2.05. The number of nitrogens with one attached hydrogen (secondary N) is 1. The van der Waals surface area contributed by atoms with Gasteiger partial charge in [-0.2, -0.15) is 0 Å². The summed E-state index contributed by atoms with van der Waals surface area (Å²) in [4.78, 5) is 15.2. The first-order valence-electron chi connectivity index (χ1n) is 10.3. The summed E-state index contributed by atoms with van der Waals surface area (Å²) in [5.74, 6) is 1.12. The molecule has 0 radical (unpaired) electrons. The van der Waals surface area contributed by atoms with Crippen molar-refractivity contribution in [1.29, 1.82) is 0 Å². The molecule has 1 fully saturated rings. The van der Waals surface area contributed by atoms with Gasteiger partial charge in [0.2, 0.25) is 5.91 Å². The van der Waals surface area contributed by atoms with Crippen molar-refractivity contribution in [3.05, 3.63) is 22.3 Å². The van der Waals surface area contributed by atoms with Gasteiger partial charge in [-0.15, -0.1) is 0 Å². The van der Waals surface area contributed by atoms with Crippen LogP contribution in [0.25, 0.3) is 0 Å². The molecule has 1 amide bonds. The molecule has 1 atom stereocenters. The van der Waals surface area contributed by atoms with Crippen LogP contribution >= 0.6 is 0 Å². The van der Waals surface area contributed by atoms with E-state index in [4.69, 9.17) is 4.74 Å². The number of carbonyl (C=O) groups is 1. The molecule has 2 aliphatic rings. The largest absolute Gasteiger partial charge is 0.485 e. The van der Waals surface area contributed by atoms with E-state index in [2.05, 4.69) is 65.6 Å². The Kier molecular flexibility index (Phi) is 5.09. The number of likely N-dealkylation sites (tertiary alicyclic amines) is 1. The molecule has 0 saturated carbocycles. The van der Waals surface area contributed by atoms with Crippen molar-refractivity contribution >= 4 is 11.6 Å². The van der Waals surface area contributed by atoms with Crippen LogP contribution in [0.5, 0.6) is 5.75 Å². The highest BCUT2D eigenvalue weighted by Crippen LogP contribution is 2.52. The van der Waals surface area contributed by atoms with Crippen molar-refractivity contribution in [2.24, 2.45) is 5.41 Å². The monoisotopic (exact) mass is 372 g/mol. The molecular weight excluding hydrogens is 336 g/mol. The smallest absolute Gasteiger partial charge is 0.224 e. The summed E-state index contributed by atoms with van der Waals surface area (Å²) < 4.78 is 6.50. The van der Waals surface area contributed by atoms with Crippen LogP contribution in [0.2, 0.25) is 0 Å². The van der Waals surface area contributed by atoms with E-state index in [-0.39, 0.29) is 23.0 Å². The van der Waals surface area contributed by atoms with E-state index in [1.807, 2.05) is 0 Å². The topological polar surface area (TPSA) is 41.6 Å². The predicted molar refractivity (Wildman–Crippen MR) is 112 cm³/mol. The number of ether oxygens (including phenoxy) is 1. The molecule has 1 aromatic rings. The Morgan fingerprint density at radius 2 is 1.70 bits per heavy atom. The molecule has 0 aliphatic carbocycles. The van der Waals surface area contributed by atoms with Gasteiger partial charge in [-0.05, 0) is 82.7 Å². The van der Waals surface area contributed by atoms with E-state index in [0.29, 0.717) is 6.42 Å². The Morgan fingerprint density at radius 1 is 1.11 bits per heavy atom. The second-order valence-corrected chi connectivity index (χ2v) is 10.1. The molecule has 1 N–H and O–H groups in total. The third-order valence-electron chi connectivity index (χ3n) is 6.06. The van der Waals surface area contributed by atoms with E-state index in [0.717, 1.165) is 41.2 Å². The number of benzene rings is 1. The maximum Gasteiger partial charge on any atom is 0.224 e. The summed E-state index contributed by atoms with van der Waals surface area (Å²) in [5.41, 5.74) is 5.39. The van der Waals surface area contributed by atoms with Gasteiger partial charge in [-0.3, -0.25) is 9.69 Å². The fraction of sp³-hybridized carbons (Fsp3) is 0.696. The van der Waals surface area contributed by atoms with Crippen molar-refractivity contribution < 1.29 is 9.53 Å². The molecule has 1 aromatic carbocycles. The van der Waals surface area contributed by atoms with Gasteiger partial charge in [0.1, 0.15) is 11.4 Å². The standard InChI is InChI=1S/C23H36N2O2/c1-14-15(2)20-18(16(3)19(14)24-17(26)13-22(4,5)6)21(23(7,8)27-20)25-11-9-10-12-25/h21H,9-13H2,1-8H3,(H,24,26). The molecule has 1 unspecified atom stereocenters.